The van der Waals surface area contributed by atoms with E-state index < -0.39 is 79.8 Å². The van der Waals surface area contributed by atoms with Crippen LogP contribution in [0, 0.1) is 0 Å². The molecule has 25 heteroatoms. The summed E-state index contributed by atoms with van der Waals surface area (Å²) in [6, 6.07) is 0. The van der Waals surface area contributed by atoms with Gasteiger partial charge < -0.3 is 20.6 Å². The van der Waals surface area contributed by atoms with Crippen LogP contribution in [0.5, 0.6) is 0 Å². The molecular formula is C22H23FN10O9P2S3. The summed E-state index contributed by atoms with van der Waals surface area (Å²) in [4.78, 5) is 36.6. The van der Waals surface area contributed by atoms with Crippen LogP contribution in [-0.2, 0) is 32.0 Å². The maximum Gasteiger partial charge on any atom is 0.386 e. The molecular weight excluding hydrogens is 725 g/mol. The van der Waals surface area contributed by atoms with Crippen LogP contribution in [0.2, 0.25) is 0 Å². The van der Waals surface area contributed by atoms with Gasteiger partial charge in [-0.25, -0.2) is 33.5 Å². The van der Waals surface area contributed by atoms with E-state index in [9.17, 15) is 19.0 Å². The summed E-state index contributed by atoms with van der Waals surface area (Å²) < 4.78 is 75.5. The van der Waals surface area contributed by atoms with E-state index in [0.29, 0.717) is 11.2 Å². The molecule has 3 saturated heterocycles. The number of hydrogen-bond donors (Lipinski definition) is 5. The van der Waals surface area contributed by atoms with Gasteiger partial charge in [0.05, 0.1) is 31.1 Å². The van der Waals surface area contributed by atoms with Crippen LogP contribution in [0.25, 0.3) is 28.1 Å². The Balaban J connectivity index is 1.12. The Kier molecular flexibility index (Phi) is 7.76. The summed E-state index contributed by atoms with van der Waals surface area (Å²) in [5, 5.41) is 9.69. The van der Waals surface area contributed by atoms with E-state index in [1.807, 2.05) is 0 Å². The van der Waals surface area contributed by atoms with Crippen LogP contribution in [-0.4, -0.2) is 97.6 Å². The monoisotopic (exact) mass is 748 g/mol. The second-order valence-corrected chi connectivity index (χ2v) is 17.8. The number of nitrogens with two attached hydrogens (primary N) is 1. The van der Waals surface area contributed by atoms with Crippen LogP contribution in [0.1, 0.15) is 11.6 Å². The van der Waals surface area contributed by atoms with Crippen LogP contribution in [0.15, 0.2) is 36.2 Å². The average molecular weight is 749 g/mol. The van der Waals surface area contributed by atoms with Crippen molar-refractivity contribution in [3.05, 3.63) is 41.7 Å². The van der Waals surface area contributed by atoms with Gasteiger partial charge in [-0.15, -0.1) is 11.8 Å². The molecule has 0 spiro atoms. The summed E-state index contributed by atoms with van der Waals surface area (Å²) >= 11 is 9.29. The maximum absolute atomic E-state index is 16.0. The van der Waals surface area contributed by atoms with Gasteiger partial charge in [0.2, 0.25) is 5.78 Å². The highest BCUT2D eigenvalue weighted by molar-refractivity contribution is 8.44. The van der Waals surface area contributed by atoms with Crippen molar-refractivity contribution in [2.75, 3.05) is 18.9 Å². The number of nitrogens with one attached hydrogen (secondary N) is 1. The van der Waals surface area contributed by atoms with Crippen LogP contribution in [0.4, 0.5) is 10.2 Å². The fourth-order valence-corrected chi connectivity index (χ4v) is 10.4. The Morgan fingerprint density at radius 1 is 1.02 bits per heavy atom. The molecule has 250 valence electrons. The van der Waals surface area contributed by atoms with Crippen LogP contribution in [0.3, 0.4) is 0 Å². The lowest BCUT2D eigenvalue weighted by atomic mass is 10.1. The van der Waals surface area contributed by atoms with Crippen molar-refractivity contribution in [2.24, 2.45) is 0 Å². The molecule has 8 rings (SSSR count). The molecule has 19 nitrogen and oxygen atoms in total. The standard InChI is InChI=1S/C22H23FN10O9P2S3/c23-10-8-3-38-43(36,45)41-14-9(47-21(13(14)34)33-7-28-11-16(24)26-5-27-17(11)33)4-39-44(37,46)42-15(10)20(40-8)32-6-29-12-18(32)30-22-25-1-2-31(22)19(12)35/h1-2,5-10,13-15,20-21,34H,3-4H2,(H,25,30)(H,36,45)(H,37,46)(H2,24,26,27)/t8-,9-,10-,13-,14-,15?,20-,21-,43?,44?/m1/s1. The highest BCUT2D eigenvalue weighted by Gasteiger charge is 2.53. The minimum absolute atomic E-state index is 0.0216. The van der Waals surface area contributed by atoms with E-state index in [2.05, 4.69) is 54.4 Å². The summed E-state index contributed by atoms with van der Waals surface area (Å²) in [6.45, 7) is -9.80. The number of halogens is 1. The summed E-state index contributed by atoms with van der Waals surface area (Å²) in [5.41, 5.74) is 5.99. The molecule has 5 aromatic heterocycles. The zero-order valence-corrected chi connectivity index (χ0v) is 27.8. The lowest BCUT2D eigenvalue weighted by Gasteiger charge is -2.27. The van der Waals surface area contributed by atoms with Gasteiger partial charge in [-0.05, 0) is 0 Å². The molecule has 8 heterocycles. The van der Waals surface area contributed by atoms with Gasteiger partial charge in [-0.1, -0.05) is 24.5 Å². The summed E-state index contributed by atoms with van der Waals surface area (Å²) in [6.07, 6.45) is -2.38. The molecule has 5 aromatic rings. The van der Waals surface area contributed by atoms with Crippen molar-refractivity contribution in [2.45, 2.75) is 47.4 Å². The van der Waals surface area contributed by atoms with Gasteiger partial charge in [0.15, 0.2) is 35.0 Å². The molecule has 0 radical (unpaired) electrons. The highest BCUT2D eigenvalue weighted by Crippen LogP contribution is 2.61. The number of aromatic amines is 1. The number of anilines is 1. The lowest BCUT2D eigenvalue weighted by Crippen LogP contribution is -2.35. The number of hydrogen-bond acceptors (Lipinski definition) is 16. The van der Waals surface area contributed by atoms with E-state index in [4.69, 9.17) is 28.6 Å². The minimum Gasteiger partial charge on any atom is -0.387 e. The number of rotatable bonds is 2. The van der Waals surface area contributed by atoms with Crippen molar-refractivity contribution < 1.29 is 41.5 Å². The van der Waals surface area contributed by atoms with Crippen molar-refractivity contribution in [1.82, 2.24) is 43.4 Å². The number of alkyl halides is 1. The van der Waals surface area contributed by atoms with Crippen molar-refractivity contribution >= 4 is 83.8 Å². The fraction of sp³-hybridized carbons (Fsp3) is 0.455. The predicted molar refractivity (Wildman–Crippen MR) is 169 cm³/mol. The number of aliphatic hydroxyl groups excluding tert-OH is 1. The van der Waals surface area contributed by atoms with Crippen molar-refractivity contribution in [3.63, 3.8) is 0 Å². The van der Waals surface area contributed by atoms with Crippen LogP contribution >= 0.6 is 49.9 Å². The molecule has 0 aliphatic carbocycles. The van der Waals surface area contributed by atoms with E-state index in [-0.39, 0.29) is 22.8 Å². The second-order valence-electron chi connectivity index (χ2n) is 10.7. The third-order valence-corrected chi connectivity index (χ3v) is 12.7. The molecule has 3 aliphatic heterocycles. The third kappa shape index (κ3) is 5.41. The second kappa shape index (κ2) is 11.5. The molecule has 3 fully saturated rings. The van der Waals surface area contributed by atoms with E-state index in [1.165, 1.54) is 44.9 Å². The molecule has 10 atom stereocenters. The molecule has 0 saturated carbocycles. The number of aromatic nitrogens is 9. The predicted octanol–water partition coefficient (Wildman–Crippen LogP) is 1.90. The molecule has 0 amide bonds. The number of nitrogen functional groups attached to an aromatic ring is 1. The lowest BCUT2D eigenvalue weighted by molar-refractivity contribution is -0.0481. The van der Waals surface area contributed by atoms with Gasteiger partial charge in [-0.3, -0.25) is 36.4 Å². The largest absolute Gasteiger partial charge is 0.387 e. The molecule has 47 heavy (non-hydrogen) atoms. The zero-order valence-electron chi connectivity index (χ0n) is 23.4. The number of fused-ring (bicyclic) bond motifs is 6. The smallest absolute Gasteiger partial charge is 0.386 e. The zero-order chi connectivity index (χ0) is 32.8. The first-order valence-corrected chi connectivity index (χ1v) is 20.0. The van der Waals surface area contributed by atoms with Gasteiger partial charge in [-0.2, -0.15) is 4.98 Å². The topological polar surface area (TPSA) is 238 Å². The quantitative estimate of drug-likeness (QED) is 0.128. The number of nitrogens with zero attached hydrogens (tertiary/aromatic N) is 8. The first-order valence-electron chi connectivity index (χ1n) is 13.7. The number of ether oxygens (including phenoxy) is 1. The molecule has 2 bridgehead atoms. The van der Waals surface area contributed by atoms with Gasteiger partial charge in [0, 0.05) is 12.4 Å². The van der Waals surface area contributed by atoms with Crippen molar-refractivity contribution in [3.8, 4) is 0 Å². The highest BCUT2D eigenvalue weighted by atomic mass is 32.7. The van der Waals surface area contributed by atoms with Crippen LogP contribution < -0.4 is 11.3 Å². The number of thiol groups is 2. The van der Waals surface area contributed by atoms with E-state index >= 15 is 4.39 Å². The number of H-pyrrole nitrogens is 1. The summed E-state index contributed by atoms with van der Waals surface area (Å²) in [7, 11) is 0. The Morgan fingerprint density at radius 3 is 2.55 bits per heavy atom. The third-order valence-electron chi connectivity index (χ3n) is 7.89. The first-order chi connectivity index (χ1) is 22.4. The average Bonchev–Trinajstić information content (AvgIpc) is 3.85. The molecule has 3 unspecified atom stereocenters. The van der Waals surface area contributed by atoms with E-state index in [1.54, 1.807) is 0 Å². The Morgan fingerprint density at radius 2 is 1.74 bits per heavy atom. The maximum atomic E-state index is 16.0. The van der Waals surface area contributed by atoms with Gasteiger partial charge in [0.1, 0.15) is 41.6 Å². The fourth-order valence-electron chi connectivity index (χ4n) is 5.73. The minimum atomic E-state index is -4.39. The molecule has 4 N–H and O–H groups in total. The Bertz CT molecular complexity index is 2180. The number of aliphatic hydroxyl groups is 1. The summed E-state index contributed by atoms with van der Waals surface area (Å²) in [5.74, 6) is 0.305. The SMILES string of the molecule is Nc1ncnc2c1ncn2[C@@H]1S[C@@H]2COP(=O)(S)OC3[C@H](n4cnc5c(=O)n6cc[nH]c6nc54)O[C@H](COP(=O)(S)O[C@H]2[C@H]1O)[C@H]3F. The normalized spacial score (nSPS) is 36.8. The van der Waals surface area contributed by atoms with Gasteiger partial charge >= 0.3 is 13.6 Å². The Labute approximate surface area is 276 Å². The Hall–Kier alpha value is -2.56. The number of imidazole rings is 3. The molecule has 3 aliphatic rings. The number of thioether (sulfide) groups is 1. The first kappa shape index (κ1) is 31.7. The van der Waals surface area contributed by atoms with Crippen molar-refractivity contribution in [1.29, 1.82) is 0 Å². The van der Waals surface area contributed by atoms with E-state index in [0.717, 1.165) is 11.8 Å². The molecule has 0 aromatic carbocycles. The van der Waals surface area contributed by atoms with Gasteiger partial charge in [0.25, 0.3) is 5.56 Å².